The van der Waals surface area contributed by atoms with E-state index in [1.165, 1.54) is 6.42 Å². The minimum absolute atomic E-state index is 0.0228. The van der Waals surface area contributed by atoms with Gasteiger partial charge in [-0.3, -0.25) is 9.59 Å². The highest BCUT2D eigenvalue weighted by molar-refractivity contribution is 5.76. The molecule has 0 amide bonds. The van der Waals surface area contributed by atoms with Gasteiger partial charge in [-0.2, -0.15) is 0 Å². The Balaban J connectivity index is 2.49. The number of esters is 1. The van der Waals surface area contributed by atoms with Crippen LogP contribution in [0.5, 0.6) is 0 Å². The summed E-state index contributed by atoms with van der Waals surface area (Å²) in [4.78, 5) is 22.0. The summed E-state index contributed by atoms with van der Waals surface area (Å²) in [7, 11) is 0. The van der Waals surface area contributed by atoms with Crippen molar-refractivity contribution in [1.82, 2.24) is 0 Å². The van der Waals surface area contributed by atoms with Crippen LogP contribution in [0.4, 0.5) is 0 Å². The summed E-state index contributed by atoms with van der Waals surface area (Å²) in [5, 5.41) is 8.54. The molecule has 1 saturated carbocycles. The number of carboxylic acid groups (broad SMARTS) is 1. The van der Waals surface area contributed by atoms with Crippen molar-refractivity contribution in [2.75, 3.05) is 0 Å². The third kappa shape index (κ3) is 4.67. The molecule has 0 aromatic rings. The van der Waals surface area contributed by atoms with Gasteiger partial charge in [0.05, 0.1) is 12.8 Å². The van der Waals surface area contributed by atoms with Gasteiger partial charge in [0.15, 0.2) is 0 Å². The third-order valence-electron chi connectivity index (χ3n) is 3.79. The van der Waals surface area contributed by atoms with Gasteiger partial charge in [-0.15, -0.1) is 0 Å². The molecule has 1 fully saturated rings. The highest BCUT2D eigenvalue weighted by Gasteiger charge is 2.33. The van der Waals surface area contributed by atoms with Crippen LogP contribution in [0.25, 0.3) is 0 Å². The van der Waals surface area contributed by atoms with E-state index in [9.17, 15) is 9.59 Å². The van der Waals surface area contributed by atoms with Crippen LogP contribution < -0.4 is 0 Å². The molecule has 104 valence electrons. The molecule has 0 saturated heterocycles. The van der Waals surface area contributed by atoms with Crippen LogP contribution in [0.3, 0.4) is 0 Å². The smallest absolute Gasteiger partial charge is 0.306 e. The zero-order valence-corrected chi connectivity index (χ0v) is 11.5. The molecule has 0 aromatic carbocycles. The van der Waals surface area contributed by atoms with Crippen LogP contribution in [-0.4, -0.2) is 23.1 Å². The zero-order chi connectivity index (χ0) is 13.7. The number of carboxylic acids is 1. The van der Waals surface area contributed by atoms with Crippen molar-refractivity contribution in [1.29, 1.82) is 0 Å². The lowest BCUT2D eigenvalue weighted by Gasteiger charge is -2.36. The van der Waals surface area contributed by atoms with Gasteiger partial charge < -0.3 is 9.84 Å². The van der Waals surface area contributed by atoms with Crippen molar-refractivity contribution in [3.63, 3.8) is 0 Å². The van der Waals surface area contributed by atoms with Crippen LogP contribution in [0.1, 0.15) is 52.9 Å². The summed E-state index contributed by atoms with van der Waals surface area (Å²) >= 11 is 0. The molecule has 3 atom stereocenters. The average Bonchev–Trinajstić information content (AvgIpc) is 2.26. The maximum atomic E-state index is 11.6. The van der Waals surface area contributed by atoms with Gasteiger partial charge in [0.2, 0.25) is 0 Å². The summed E-state index contributed by atoms with van der Waals surface area (Å²) in [5.41, 5.74) is 0. The van der Waals surface area contributed by atoms with Crippen molar-refractivity contribution in [3.05, 3.63) is 0 Å². The molecular weight excluding hydrogens is 232 g/mol. The van der Waals surface area contributed by atoms with E-state index in [2.05, 4.69) is 20.8 Å². The summed E-state index contributed by atoms with van der Waals surface area (Å²) < 4.78 is 5.48. The van der Waals surface area contributed by atoms with Crippen LogP contribution in [0, 0.1) is 17.8 Å². The first-order valence-electron chi connectivity index (χ1n) is 6.81. The second kappa shape index (κ2) is 6.76. The normalized spacial score (nSPS) is 28.1. The molecule has 0 aliphatic heterocycles. The third-order valence-corrected chi connectivity index (χ3v) is 3.79. The molecule has 0 unspecified atom stereocenters. The molecular formula is C14H24O4. The van der Waals surface area contributed by atoms with Gasteiger partial charge in [0.25, 0.3) is 0 Å². The molecule has 1 rings (SSSR count). The van der Waals surface area contributed by atoms with E-state index in [0.717, 1.165) is 12.8 Å². The van der Waals surface area contributed by atoms with Crippen molar-refractivity contribution in [2.45, 2.75) is 59.0 Å². The van der Waals surface area contributed by atoms with Crippen LogP contribution in [0.2, 0.25) is 0 Å². The fraction of sp³-hybridized carbons (Fsp3) is 0.857. The molecule has 0 spiro atoms. The summed E-state index contributed by atoms with van der Waals surface area (Å²) in [6.45, 7) is 6.48. The average molecular weight is 256 g/mol. The van der Waals surface area contributed by atoms with Crippen molar-refractivity contribution >= 4 is 11.9 Å². The second-order valence-corrected chi connectivity index (χ2v) is 5.75. The van der Waals surface area contributed by atoms with Crippen LogP contribution in [0.15, 0.2) is 0 Å². The monoisotopic (exact) mass is 256 g/mol. The predicted molar refractivity (Wildman–Crippen MR) is 68.1 cm³/mol. The van der Waals surface area contributed by atoms with Gasteiger partial charge in [-0.05, 0) is 30.6 Å². The van der Waals surface area contributed by atoms with Gasteiger partial charge in [0, 0.05) is 0 Å². The minimum atomic E-state index is -0.954. The van der Waals surface area contributed by atoms with E-state index in [4.69, 9.17) is 9.84 Å². The zero-order valence-electron chi connectivity index (χ0n) is 11.5. The Kier molecular flexibility index (Phi) is 5.63. The Morgan fingerprint density at radius 2 is 1.94 bits per heavy atom. The molecule has 1 aliphatic rings. The van der Waals surface area contributed by atoms with Gasteiger partial charge in [0.1, 0.15) is 6.10 Å². The number of carbonyl (C=O) groups is 2. The quantitative estimate of drug-likeness (QED) is 0.768. The fourth-order valence-electron chi connectivity index (χ4n) is 2.69. The molecule has 0 aromatic heterocycles. The minimum Gasteiger partial charge on any atom is -0.481 e. The number of hydrogen-bond donors (Lipinski definition) is 1. The van der Waals surface area contributed by atoms with E-state index in [-0.39, 0.29) is 24.9 Å². The fourth-order valence-corrected chi connectivity index (χ4v) is 2.69. The Hall–Kier alpha value is -1.06. The Bertz CT molecular complexity index is 298. The first-order chi connectivity index (χ1) is 8.40. The first kappa shape index (κ1) is 15.0. The lowest BCUT2D eigenvalue weighted by molar-refractivity contribution is -0.158. The molecule has 4 nitrogen and oxygen atoms in total. The molecule has 0 bridgehead atoms. The molecule has 4 heteroatoms. The maximum Gasteiger partial charge on any atom is 0.306 e. The van der Waals surface area contributed by atoms with E-state index < -0.39 is 5.97 Å². The standard InChI is InChI=1S/C14H24O4/c1-9(2)11-5-4-10(3)8-12(11)18-14(17)7-6-13(15)16/h9-12H,4-8H2,1-3H3,(H,15,16)/t10-,11+,12+/m1/s1. The molecule has 0 heterocycles. The van der Waals surface area contributed by atoms with E-state index in [0.29, 0.717) is 17.8 Å². The Morgan fingerprint density at radius 3 is 2.50 bits per heavy atom. The highest BCUT2D eigenvalue weighted by Crippen LogP contribution is 2.35. The largest absolute Gasteiger partial charge is 0.481 e. The number of carbonyl (C=O) groups excluding carboxylic acids is 1. The van der Waals surface area contributed by atoms with E-state index in [1.54, 1.807) is 0 Å². The number of aliphatic carboxylic acids is 1. The van der Waals surface area contributed by atoms with Gasteiger partial charge >= 0.3 is 11.9 Å². The first-order valence-corrected chi connectivity index (χ1v) is 6.81. The lowest BCUT2D eigenvalue weighted by Crippen LogP contribution is -2.35. The maximum absolute atomic E-state index is 11.6. The number of rotatable bonds is 5. The lowest BCUT2D eigenvalue weighted by atomic mass is 9.75. The van der Waals surface area contributed by atoms with Gasteiger partial charge in [-0.25, -0.2) is 0 Å². The molecule has 18 heavy (non-hydrogen) atoms. The van der Waals surface area contributed by atoms with Crippen molar-refractivity contribution in [3.8, 4) is 0 Å². The van der Waals surface area contributed by atoms with Crippen molar-refractivity contribution < 1.29 is 19.4 Å². The summed E-state index contributed by atoms with van der Waals surface area (Å²) in [5.74, 6) is 0.161. The Labute approximate surface area is 109 Å². The second-order valence-electron chi connectivity index (χ2n) is 5.75. The topological polar surface area (TPSA) is 63.6 Å². The molecule has 1 N–H and O–H groups in total. The molecule has 1 aliphatic carbocycles. The van der Waals surface area contributed by atoms with E-state index in [1.807, 2.05) is 0 Å². The number of ether oxygens (including phenoxy) is 1. The number of hydrogen-bond acceptors (Lipinski definition) is 3. The highest BCUT2D eigenvalue weighted by atomic mass is 16.5. The van der Waals surface area contributed by atoms with Crippen LogP contribution in [-0.2, 0) is 14.3 Å². The van der Waals surface area contributed by atoms with Crippen molar-refractivity contribution in [2.24, 2.45) is 17.8 Å². The molecule has 0 radical (unpaired) electrons. The van der Waals surface area contributed by atoms with Gasteiger partial charge in [-0.1, -0.05) is 27.2 Å². The van der Waals surface area contributed by atoms with Crippen LogP contribution >= 0.6 is 0 Å². The van der Waals surface area contributed by atoms with E-state index >= 15 is 0 Å². The SMILES string of the molecule is CC(C)[C@@H]1CC[C@@H](C)C[C@@H]1OC(=O)CCC(=O)O. The summed E-state index contributed by atoms with van der Waals surface area (Å²) in [6.07, 6.45) is 2.98. The predicted octanol–water partition coefficient (Wildman–Crippen LogP) is 2.86. The Morgan fingerprint density at radius 1 is 1.28 bits per heavy atom. The summed E-state index contributed by atoms with van der Waals surface area (Å²) in [6, 6.07) is 0.